The fraction of sp³-hybridized carbons (Fsp3) is 0.273. The lowest BCUT2D eigenvalue weighted by Gasteiger charge is -2.09. The minimum atomic E-state index is -0.594. The Bertz CT molecular complexity index is 474. The minimum Gasteiger partial charge on any atom is -0.385 e. The Hall–Kier alpha value is -1.68. The van der Waals surface area contributed by atoms with Gasteiger partial charge >= 0.3 is 0 Å². The van der Waals surface area contributed by atoms with Gasteiger partial charge in [-0.3, -0.25) is 0 Å². The molecule has 2 aromatic rings. The summed E-state index contributed by atoms with van der Waals surface area (Å²) in [6, 6.07) is 7.73. The van der Waals surface area contributed by atoms with Gasteiger partial charge in [-0.2, -0.15) is 15.0 Å². The van der Waals surface area contributed by atoms with Crippen LogP contribution in [0.25, 0.3) is 5.69 Å². The topological polar surface area (TPSA) is 50.9 Å². The van der Waals surface area contributed by atoms with E-state index in [4.69, 9.17) is 0 Å². The molecule has 0 amide bonds. The third-order valence-electron chi connectivity index (χ3n) is 2.76. The van der Waals surface area contributed by atoms with Gasteiger partial charge in [0, 0.05) is 0 Å². The normalized spacial score (nSPS) is 17.7. The highest BCUT2D eigenvalue weighted by molar-refractivity contribution is 5.38. The van der Waals surface area contributed by atoms with E-state index in [1.165, 1.54) is 0 Å². The van der Waals surface area contributed by atoms with E-state index >= 15 is 0 Å². The van der Waals surface area contributed by atoms with E-state index in [0.29, 0.717) is 0 Å². The molecule has 0 atom stereocenters. The Kier molecular flexibility index (Phi) is 1.67. The monoisotopic (exact) mass is 201 g/mol. The van der Waals surface area contributed by atoms with Gasteiger partial charge in [-0.1, -0.05) is 12.1 Å². The predicted molar refractivity (Wildman–Crippen MR) is 54.5 cm³/mol. The van der Waals surface area contributed by atoms with Crippen molar-refractivity contribution in [3.05, 3.63) is 42.2 Å². The van der Waals surface area contributed by atoms with Crippen LogP contribution in [0.15, 0.2) is 36.7 Å². The van der Waals surface area contributed by atoms with Crippen LogP contribution in [0.5, 0.6) is 0 Å². The van der Waals surface area contributed by atoms with Gasteiger partial charge in [0.2, 0.25) is 0 Å². The van der Waals surface area contributed by atoms with Crippen LogP contribution in [0, 0.1) is 0 Å². The van der Waals surface area contributed by atoms with Crippen LogP contribution in [0.1, 0.15) is 18.4 Å². The number of aliphatic hydroxyl groups is 1. The van der Waals surface area contributed by atoms with Gasteiger partial charge in [0.1, 0.15) is 0 Å². The molecule has 4 heteroatoms. The summed E-state index contributed by atoms with van der Waals surface area (Å²) in [5, 5.41) is 18.1. The van der Waals surface area contributed by atoms with Crippen LogP contribution in [0.3, 0.4) is 0 Å². The van der Waals surface area contributed by atoms with Gasteiger partial charge in [0.15, 0.2) is 0 Å². The first kappa shape index (κ1) is 8.61. The summed E-state index contributed by atoms with van der Waals surface area (Å²) in [5.41, 5.74) is 1.25. The molecule has 1 heterocycles. The van der Waals surface area contributed by atoms with Crippen molar-refractivity contribution in [2.75, 3.05) is 0 Å². The molecule has 15 heavy (non-hydrogen) atoms. The highest BCUT2D eigenvalue weighted by Crippen LogP contribution is 2.45. The summed E-state index contributed by atoms with van der Waals surface area (Å²) in [6.45, 7) is 0. The van der Waals surface area contributed by atoms with E-state index in [1.807, 2.05) is 24.3 Å². The predicted octanol–water partition coefficient (Wildman–Crippen LogP) is 1.25. The van der Waals surface area contributed by atoms with Crippen LogP contribution in [-0.4, -0.2) is 20.1 Å². The van der Waals surface area contributed by atoms with E-state index in [1.54, 1.807) is 17.2 Å². The van der Waals surface area contributed by atoms with Crippen molar-refractivity contribution in [1.29, 1.82) is 0 Å². The third kappa shape index (κ3) is 1.43. The van der Waals surface area contributed by atoms with Crippen molar-refractivity contribution < 1.29 is 5.11 Å². The maximum atomic E-state index is 9.97. The van der Waals surface area contributed by atoms with Crippen LogP contribution in [0.2, 0.25) is 0 Å². The van der Waals surface area contributed by atoms with E-state index in [9.17, 15) is 5.11 Å². The maximum absolute atomic E-state index is 9.97. The van der Waals surface area contributed by atoms with Gasteiger partial charge in [-0.15, -0.1) is 0 Å². The lowest BCUT2D eigenvalue weighted by atomic mass is 10.1. The lowest BCUT2D eigenvalue weighted by Crippen LogP contribution is -2.06. The Morgan fingerprint density at radius 3 is 2.60 bits per heavy atom. The molecule has 1 aliphatic carbocycles. The summed E-state index contributed by atoms with van der Waals surface area (Å²) in [4.78, 5) is 1.55. The van der Waals surface area contributed by atoms with Crippen molar-refractivity contribution >= 4 is 0 Å². The Morgan fingerprint density at radius 1 is 1.20 bits per heavy atom. The second-order valence-corrected chi connectivity index (χ2v) is 3.90. The summed E-state index contributed by atoms with van der Waals surface area (Å²) < 4.78 is 0. The van der Waals surface area contributed by atoms with Crippen LogP contribution in [-0.2, 0) is 5.60 Å². The smallest absolute Gasteiger partial charge is 0.0899 e. The molecule has 1 saturated carbocycles. The van der Waals surface area contributed by atoms with Gasteiger partial charge < -0.3 is 5.11 Å². The van der Waals surface area contributed by atoms with Crippen molar-refractivity contribution in [2.24, 2.45) is 0 Å². The number of hydrogen-bond donors (Lipinski definition) is 1. The molecule has 0 radical (unpaired) electrons. The fourth-order valence-corrected chi connectivity index (χ4v) is 1.68. The summed E-state index contributed by atoms with van der Waals surface area (Å²) in [5.74, 6) is 0. The first-order chi connectivity index (χ1) is 7.28. The van der Waals surface area contributed by atoms with Gasteiger partial charge in [0.05, 0.1) is 23.7 Å². The molecular weight excluding hydrogens is 190 g/mol. The third-order valence-corrected chi connectivity index (χ3v) is 2.76. The molecule has 0 spiro atoms. The molecule has 0 saturated heterocycles. The molecule has 1 aromatic heterocycles. The van der Waals surface area contributed by atoms with Gasteiger partial charge in [0.25, 0.3) is 0 Å². The molecule has 76 valence electrons. The second kappa shape index (κ2) is 2.90. The largest absolute Gasteiger partial charge is 0.385 e. The highest BCUT2D eigenvalue weighted by atomic mass is 16.3. The molecule has 0 bridgehead atoms. The number of aromatic nitrogens is 3. The molecule has 1 fully saturated rings. The van der Waals surface area contributed by atoms with E-state index < -0.39 is 5.60 Å². The van der Waals surface area contributed by atoms with Crippen LogP contribution < -0.4 is 0 Å². The van der Waals surface area contributed by atoms with E-state index in [0.717, 1.165) is 24.1 Å². The second-order valence-electron chi connectivity index (χ2n) is 3.90. The zero-order valence-corrected chi connectivity index (χ0v) is 8.17. The number of hydrogen-bond acceptors (Lipinski definition) is 3. The summed E-state index contributed by atoms with van der Waals surface area (Å²) in [6.07, 6.45) is 4.98. The zero-order chi connectivity index (χ0) is 10.3. The van der Waals surface area contributed by atoms with Crippen LogP contribution in [0.4, 0.5) is 0 Å². The van der Waals surface area contributed by atoms with Crippen LogP contribution >= 0.6 is 0 Å². The average molecular weight is 201 g/mol. The standard InChI is InChI=1S/C11H11N3O/c15-11(4-5-11)9-2-1-3-10(8-9)14-12-6-7-13-14/h1-3,6-8,15H,4-5H2. The van der Waals surface area contributed by atoms with Gasteiger partial charge in [-0.05, 0) is 30.5 Å². The molecule has 3 rings (SSSR count). The molecular formula is C11H11N3O. The zero-order valence-electron chi connectivity index (χ0n) is 8.17. The van der Waals surface area contributed by atoms with E-state index in [-0.39, 0.29) is 0 Å². The Balaban J connectivity index is 2.04. The highest BCUT2D eigenvalue weighted by Gasteiger charge is 2.42. The van der Waals surface area contributed by atoms with Crippen molar-refractivity contribution in [1.82, 2.24) is 15.0 Å². The SMILES string of the molecule is OC1(c2cccc(-n3nccn3)c2)CC1. The molecule has 1 aliphatic rings. The summed E-state index contributed by atoms with van der Waals surface area (Å²) in [7, 11) is 0. The molecule has 0 aliphatic heterocycles. The Morgan fingerprint density at radius 2 is 1.93 bits per heavy atom. The molecule has 0 unspecified atom stereocenters. The maximum Gasteiger partial charge on any atom is 0.0899 e. The molecule has 1 N–H and O–H groups in total. The summed E-state index contributed by atoms with van der Waals surface area (Å²) >= 11 is 0. The van der Waals surface area contributed by atoms with E-state index in [2.05, 4.69) is 10.2 Å². The first-order valence-electron chi connectivity index (χ1n) is 4.98. The Labute approximate surface area is 87.2 Å². The van der Waals surface area contributed by atoms with Crippen molar-refractivity contribution in [3.8, 4) is 5.69 Å². The number of rotatable bonds is 2. The lowest BCUT2D eigenvalue weighted by molar-refractivity contribution is 0.151. The number of nitrogens with zero attached hydrogens (tertiary/aromatic N) is 3. The average Bonchev–Trinajstić information content (AvgIpc) is 2.84. The van der Waals surface area contributed by atoms with Crippen molar-refractivity contribution in [2.45, 2.75) is 18.4 Å². The minimum absolute atomic E-state index is 0.594. The van der Waals surface area contributed by atoms with Crippen molar-refractivity contribution in [3.63, 3.8) is 0 Å². The fourth-order valence-electron chi connectivity index (χ4n) is 1.68. The van der Waals surface area contributed by atoms with Gasteiger partial charge in [-0.25, -0.2) is 0 Å². The molecule has 1 aromatic carbocycles. The number of benzene rings is 1. The molecule has 4 nitrogen and oxygen atoms in total. The first-order valence-corrected chi connectivity index (χ1v) is 4.98. The quantitative estimate of drug-likeness (QED) is 0.795.